The molecule has 0 aliphatic carbocycles. The van der Waals surface area contributed by atoms with Gasteiger partial charge in [-0.05, 0) is 13.8 Å². The number of aryl methyl sites for hydroxylation is 1. The van der Waals surface area contributed by atoms with Gasteiger partial charge in [-0.1, -0.05) is 0 Å². The molecule has 1 fully saturated rings. The van der Waals surface area contributed by atoms with Crippen molar-refractivity contribution < 1.29 is 0 Å². The highest BCUT2D eigenvalue weighted by atomic mass is 35.5. The third-order valence-electron chi connectivity index (χ3n) is 2.87. The molecule has 1 N–H and O–H groups in total. The Morgan fingerprint density at radius 2 is 2.38 bits per heavy atom. The van der Waals surface area contributed by atoms with Gasteiger partial charge in [-0.15, -0.1) is 12.4 Å². The van der Waals surface area contributed by atoms with Crippen molar-refractivity contribution in [2.24, 2.45) is 0 Å². The van der Waals surface area contributed by atoms with Crippen molar-refractivity contribution in [2.75, 3.05) is 19.6 Å². The van der Waals surface area contributed by atoms with Crippen LogP contribution in [0.1, 0.15) is 19.4 Å². The Bertz CT molecular complexity index is 313. The normalized spacial score (nSPS) is 21.8. The molecule has 0 radical (unpaired) electrons. The molecule has 1 aromatic rings. The van der Waals surface area contributed by atoms with Crippen molar-refractivity contribution in [1.29, 1.82) is 0 Å². The largest absolute Gasteiger partial charge is 0.312 e. The molecule has 1 saturated heterocycles. The highest BCUT2D eigenvalue weighted by Crippen LogP contribution is 2.06. The van der Waals surface area contributed by atoms with E-state index in [2.05, 4.69) is 35.4 Å². The molecule has 0 bridgehead atoms. The fourth-order valence-electron chi connectivity index (χ4n) is 2.07. The summed E-state index contributed by atoms with van der Waals surface area (Å²) in [5, 5.41) is 7.75. The van der Waals surface area contributed by atoms with E-state index in [1.807, 2.05) is 10.9 Å². The zero-order valence-electron chi connectivity index (χ0n) is 10.0. The Balaban J connectivity index is 0.00000128. The minimum atomic E-state index is 0. The lowest BCUT2D eigenvalue weighted by Gasteiger charge is -2.31. The van der Waals surface area contributed by atoms with Gasteiger partial charge < -0.3 is 5.32 Å². The summed E-state index contributed by atoms with van der Waals surface area (Å²) >= 11 is 0. The lowest BCUT2D eigenvalue weighted by Crippen LogP contribution is -2.48. The molecule has 1 unspecified atom stereocenters. The number of rotatable bonds is 3. The summed E-state index contributed by atoms with van der Waals surface area (Å²) in [6, 6.07) is 0.611. The van der Waals surface area contributed by atoms with Crippen molar-refractivity contribution in [3.63, 3.8) is 0 Å². The summed E-state index contributed by atoms with van der Waals surface area (Å²) in [5.74, 6) is 0. The predicted molar refractivity (Wildman–Crippen MR) is 67.9 cm³/mol. The standard InChI is InChI=1S/C11H20N4.ClH/c1-3-15-9-11(6-13-15)8-14-5-4-12-10(2)7-14;/h6,9-10,12H,3-5,7-8H2,1-2H3;1H. The number of piperazine rings is 1. The minimum absolute atomic E-state index is 0. The molecule has 1 atom stereocenters. The summed E-state index contributed by atoms with van der Waals surface area (Å²) in [6.07, 6.45) is 4.13. The molecule has 0 aromatic carbocycles. The van der Waals surface area contributed by atoms with Gasteiger partial charge in [0.15, 0.2) is 0 Å². The summed E-state index contributed by atoms with van der Waals surface area (Å²) < 4.78 is 1.99. The van der Waals surface area contributed by atoms with Crippen LogP contribution in [0.5, 0.6) is 0 Å². The predicted octanol–water partition coefficient (Wildman–Crippen LogP) is 1.12. The van der Waals surface area contributed by atoms with Crippen molar-refractivity contribution in [1.82, 2.24) is 20.0 Å². The molecule has 0 saturated carbocycles. The molecule has 5 heteroatoms. The van der Waals surface area contributed by atoms with Crippen LogP contribution in [-0.2, 0) is 13.1 Å². The van der Waals surface area contributed by atoms with Crippen molar-refractivity contribution in [3.05, 3.63) is 18.0 Å². The van der Waals surface area contributed by atoms with Gasteiger partial charge in [0.2, 0.25) is 0 Å². The second-order valence-electron chi connectivity index (χ2n) is 4.29. The van der Waals surface area contributed by atoms with Crippen LogP contribution >= 0.6 is 12.4 Å². The Morgan fingerprint density at radius 3 is 3.00 bits per heavy atom. The Kier molecular flexibility index (Phi) is 5.25. The second-order valence-corrected chi connectivity index (χ2v) is 4.29. The van der Waals surface area contributed by atoms with Crippen LogP contribution in [0.3, 0.4) is 0 Å². The fraction of sp³-hybridized carbons (Fsp3) is 0.727. The molecule has 92 valence electrons. The van der Waals surface area contributed by atoms with Gasteiger partial charge in [-0.25, -0.2) is 0 Å². The van der Waals surface area contributed by atoms with Crippen molar-refractivity contribution in [3.8, 4) is 0 Å². The molecular formula is C11H21ClN4. The number of nitrogens with zero attached hydrogens (tertiary/aromatic N) is 3. The fourth-order valence-corrected chi connectivity index (χ4v) is 2.07. The highest BCUT2D eigenvalue weighted by Gasteiger charge is 2.15. The molecule has 1 aliphatic rings. The molecule has 16 heavy (non-hydrogen) atoms. The van der Waals surface area contributed by atoms with Crippen LogP contribution in [-0.4, -0.2) is 40.4 Å². The summed E-state index contributed by atoms with van der Waals surface area (Å²) in [7, 11) is 0. The van der Waals surface area contributed by atoms with Gasteiger partial charge in [0.1, 0.15) is 0 Å². The summed E-state index contributed by atoms with van der Waals surface area (Å²) in [4.78, 5) is 2.48. The first-order chi connectivity index (χ1) is 7.28. The molecule has 4 nitrogen and oxygen atoms in total. The first-order valence-corrected chi connectivity index (χ1v) is 5.75. The Labute approximate surface area is 103 Å². The second kappa shape index (κ2) is 6.23. The van der Waals surface area contributed by atoms with Crippen molar-refractivity contribution in [2.45, 2.75) is 33.0 Å². The van der Waals surface area contributed by atoms with E-state index in [9.17, 15) is 0 Å². The van der Waals surface area contributed by atoms with E-state index in [0.717, 1.165) is 32.7 Å². The number of halogens is 1. The van der Waals surface area contributed by atoms with Crippen LogP contribution < -0.4 is 5.32 Å². The van der Waals surface area contributed by atoms with Gasteiger partial charge in [0.05, 0.1) is 6.20 Å². The highest BCUT2D eigenvalue weighted by molar-refractivity contribution is 5.85. The van der Waals surface area contributed by atoms with Gasteiger partial charge in [0, 0.05) is 50.5 Å². The molecule has 0 spiro atoms. The number of hydrogen-bond acceptors (Lipinski definition) is 3. The van der Waals surface area contributed by atoms with Gasteiger partial charge in [-0.3, -0.25) is 9.58 Å². The lowest BCUT2D eigenvalue weighted by molar-refractivity contribution is 0.199. The van der Waals surface area contributed by atoms with E-state index in [-0.39, 0.29) is 12.4 Å². The maximum atomic E-state index is 4.29. The third-order valence-corrected chi connectivity index (χ3v) is 2.87. The van der Waals surface area contributed by atoms with Gasteiger partial charge in [-0.2, -0.15) is 5.10 Å². The first kappa shape index (κ1) is 13.5. The van der Waals surface area contributed by atoms with E-state index >= 15 is 0 Å². The molecular weight excluding hydrogens is 224 g/mol. The van der Waals surface area contributed by atoms with E-state index < -0.39 is 0 Å². The molecule has 2 heterocycles. The van der Waals surface area contributed by atoms with E-state index in [1.165, 1.54) is 5.56 Å². The van der Waals surface area contributed by atoms with E-state index in [0.29, 0.717) is 6.04 Å². The number of hydrogen-bond donors (Lipinski definition) is 1. The molecule has 1 aliphatic heterocycles. The zero-order valence-corrected chi connectivity index (χ0v) is 10.8. The Morgan fingerprint density at radius 1 is 1.56 bits per heavy atom. The average Bonchev–Trinajstić information content (AvgIpc) is 2.65. The topological polar surface area (TPSA) is 33.1 Å². The van der Waals surface area contributed by atoms with Crippen LogP contribution in [0, 0.1) is 0 Å². The first-order valence-electron chi connectivity index (χ1n) is 5.75. The summed E-state index contributed by atoms with van der Waals surface area (Å²) in [6.45, 7) is 9.72. The maximum absolute atomic E-state index is 4.29. The summed E-state index contributed by atoms with van der Waals surface area (Å²) in [5.41, 5.74) is 1.32. The molecule has 1 aromatic heterocycles. The maximum Gasteiger partial charge on any atom is 0.0534 e. The Hall–Kier alpha value is -0.580. The monoisotopic (exact) mass is 244 g/mol. The molecule has 2 rings (SSSR count). The van der Waals surface area contributed by atoms with Crippen LogP contribution in [0.2, 0.25) is 0 Å². The average molecular weight is 245 g/mol. The lowest BCUT2D eigenvalue weighted by atomic mass is 10.2. The zero-order chi connectivity index (χ0) is 10.7. The van der Waals surface area contributed by atoms with Crippen LogP contribution in [0.15, 0.2) is 12.4 Å². The SMILES string of the molecule is CCn1cc(CN2CCNC(C)C2)cn1.Cl. The smallest absolute Gasteiger partial charge is 0.0534 e. The molecule has 0 amide bonds. The van der Waals surface area contributed by atoms with Crippen LogP contribution in [0.25, 0.3) is 0 Å². The van der Waals surface area contributed by atoms with E-state index in [1.54, 1.807) is 0 Å². The number of nitrogens with one attached hydrogen (secondary N) is 1. The number of aromatic nitrogens is 2. The van der Waals surface area contributed by atoms with Crippen LogP contribution in [0.4, 0.5) is 0 Å². The van der Waals surface area contributed by atoms with Crippen molar-refractivity contribution >= 4 is 12.4 Å². The minimum Gasteiger partial charge on any atom is -0.312 e. The van der Waals surface area contributed by atoms with E-state index in [4.69, 9.17) is 0 Å². The van der Waals surface area contributed by atoms with Gasteiger partial charge in [0.25, 0.3) is 0 Å². The third kappa shape index (κ3) is 3.47. The quantitative estimate of drug-likeness (QED) is 0.865. The van der Waals surface area contributed by atoms with Gasteiger partial charge >= 0.3 is 0 Å².